The number of benzene rings is 1. The Hall–Kier alpha value is -0.630. The predicted octanol–water partition coefficient (Wildman–Crippen LogP) is 3.89. The minimum Gasteiger partial charge on any atom is -0.355 e. The number of aliphatic imine (C=N–C) groups is 1. The van der Waals surface area contributed by atoms with Crippen LogP contribution in [0.15, 0.2) is 35.3 Å². The van der Waals surface area contributed by atoms with Gasteiger partial charge in [0.15, 0.2) is 5.96 Å². The molecule has 26 heavy (non-hydrogen) atoms. The highest BCUT2D eigenvalue weighted by Crippen LogP contribution is 2.28. The first kappa shape index (κ1) is 23.4. The summed E-state index contributed by atoms with van der Waals surface area (Å²) < 4.78 is 12.2. The van der Waals surface area contributed by atoms with Crippen molar-refractivity contribution in [1.29, 1.82) is 0 Å². The van der Waals surface area contributed by atoms with Gasteiger partial charge in [0.25, 0.3) is 0 Å². The van der Waals surface area contributed by atoms with Crippen LogP contribution >= 0.6 is 24.0 Å². The molecule has 2 rings (SSSR count). The van der Waals surface area contributed by atoms with Crippen molar-refractivity contribution in [3.63, 3.8) is 0 Å². The van der Waals surface area contributed by atoms with E-state index in [1.54, 1.807) is 0 Å². The molecule has 1 aromatic rings. The van der Waals surface area contributed by atoms with Crippen LogP contribution in [0, 0.1) is 11.8 Å². The van der Waals surface area contributed by atoms with E-state index in [-0.39, 0.29) is 24.0 Å². The van der Waals surface area contributed by atoms with Gasteiger partial charge in [-0.25, -0.2) is 0 Å². The average Bonchev–Trinajstić information content (AvgIpc) is 2.61. The Balaban J connectivity index is 0.00000338. The third kappa shape index (κ3) is 8.37. The van der Waals surface area contributed by atoms with Crippen molar-refractivity contribution in [2.24, 2.45) is 16.8 Å². The second-order valence-corrected chi connectivity index (χ2v) is 8.83. The Bertz CT molecular complexity index is 559. The van der Waals surface area contributed by atoms with Gasteiger partial charge in [-0.3, -0.25) is 9.20 Å². The Labute approximate surface area is 178 Å². The van der Waals surface area contributed by atoms with Crippen LogP contribution in [0.5, 0.6) is 0 Å². The van der Waals surface area contributed by atoms with Gasteiger partial charge in [0.1, 0.15) is 0 Å². The zero-order valence-electron chi connectivity index (χ0n) is 16.3. The van der Waals surface area contributed by atoms with Crippen molar-refractivity contribution in [2.75, 3.05) is 32.9 Å². The van der Waals surface area contributed by atoms with Crippen LogP contribution in [0.25, 0.3) is 0 Å². The van der Waals surface area contributed by atoms with Crippen LogP contribution in [0.3, 0.4) is 0 Å². The van der Waals surface area contributed by atoms with Crippen LogP contribution in [0.2, 0.25) is 0 Å². The lowest BCUT2D eigenvalue weighted by molar-refractivity contribution is 0.250. The molecule has 0 saturated heterocycles. The smallest absolute Gasteiger partial charge is 0.193 e. The number of guanidine groups is 1. The third-order valence-electron chi connectivity index (χ3n) is 5.02. The molecule has 1 atom stereocenters. The third-order valence-corrected chi connectivity index (χ3v) is 6.34. The molecule has 1 N–H and O–H groups in total. The summed E-state index contributed by atoms with van der Waals surface area (Å²) in [5.41, 5.74) is 1.13. The van der Waals surface area contributed by atoms with Gasteiger partial charge in [-0.05, 0) is 30.2 Å². The van der Waals surface area contributed by atoms with E-state index in [1.165, 1.54) is 25.7 Å². The van der Waals surface area contributed by atoms with E-state index < -0.39 is 10.8 Å². The standard InChI is InChI=1S/C20H33N3OS.HI/c1-17-9-11-18(12-10-17)15-23(3)20(21-2)22-13-14-25(24)16-19-7-5-4-6-8-19;/h4-8,17-18H,9-16H2,1-3H3,(H,21,22);1H. The first-order chi connectivity index (χ1) is 12.1. The van der Waals surface area contributed by atoms with Crippen molar-refractivity contribution < 1.29 is 4.21 Å². The van der Waals surface area contributed by atoms with Gasteiger partial charge in [0, 0.05) is 49.5 Å². The summed E-state index contributed by atoms with van der Waals surface area (Å²) in [7, 11) is 3.08. The van der Waals surface area contributed by atoms with Crippen molar-refractivity contribution in [2.45, 2.75) is 38.4 Å². The monoisotopic (exact) mass is 491 g/mol. The molecule has 1 aliphatic rings. The fourth-order valence-corrected chi connectivity index (χ4v) is 4.52. The number of nitrogens with one attached hydrogen (secondary N) is 1. The number of hydrogen-bond acceptors (Lipinski definition) is 2. The average molecular weight is 491 g/mol. The van der Waals surface area contributed by atoms with Crippen molar-refractivity contribution in [3.05, 3.63) is 35.9 Å². The Morgan fingerprint density at radius 2 is 1.88 bits per heavy atom. The highest BCUT2D eigenvalue weighted by Gasteiger charge is 2.20. The van der Waals surface area contributed by atoms with E-state index in [2.05, 4.69) is 29.2 Å². The van der Waals surface area contributed by atoms with Crippen molar-refractivity contribution >= 4 is 40.7 Å². The lowest BCUT2D eigenvalue weighted by Crippen LogP contribution is -2.43. The van der Waals surface area contributed by atoms with E-state index in [0.717, 1.165) is 29.9 Å². The van der Waals surface area contributed by atoms with E-state index in [0.29, 0.717) is 18.1 Å². The maximum Gasteiger partial charge on any atom is 0.193 e. The molecular weight excluding hydrogens is 457 g/mol. The first-order valence-corrected chi connectivity index (χ1v) is 10.9. The summed E-state index contributed by atoms with van der Waals surface area (Å²) in [4.78, 5) is 6.60. The quantitative estimate of drug-likeness (QED) is 0.358. The second kappa shape index (κ2) is 12.7. The van der Waals surface area contributed by atoms with Gasteiger partial charge in [0.2, 0.25) is 0 Å². The molecule has 6 heteroatoms. The normalized spacial score (nSPS) is 21.6. The molecule has 0 aromatic heterocycles. The SMILES string of the molecule is CN=C(NCCS(=O)Cc1ccccc1)N(C)CC1CCC(C)CC1.I. The largest absolute Gasteiger partial charge is 0.355 e. The highest BCUT2D eigenvalue weighted by atomic mass is 127. The summed E-state index contributed by atoms with van der Waals surface area (Å²) in [6, 6.07) is 10.0. The zero-order valence-corrected chi connectivity index (χ0v) is 19.5. The maximum atomic E-state index is 12.2. The lowest BCUT2D eigenvalue weighted by Gasteiger charge is -2.31. The van der Waals surface area contributed by atoms with E-state index in [1.807, 2.05) is 37.4 Å². The van der Waals surface area contributed by atoms with Gasteiger partial charge in [-0.15, -0.1) is 24.0 Å². The van der Waals surface area contributed by atoms with Crippen LogP contribution in [-0.4, -0.2) is 48.0 Å². The highest BCUT2D eigenvalue weighted by molar-refractivity contribution is 14.0. The van der Waals surface area contributed by atoms with E-state index in [4.69, 9.17) is 0 Å². The summed E-state index contributed by atoms with van der Waals surface area (Å²) in [5.74, 6) is 3.83. The topological polar surface area (TPSA) is 44.7 Å². The number of hydrogen-bond donors (Lipinski definition) is 1. The molecule has 4 nitrogen and oxygen atoms in total. The fourth-order valence-electron chi connectivity index (χ4n) is 3.48. The molecule has 0 bridgehead atoms. The summed E-state index contributed by atoms with van der Waals surface area (Å²) >= 11 is 0. The second-order valence-electron chi connectivity index (χ2n) is 7.25. The molecule has 0 radical (unpaired) electrons. The van der Waals surface area contributed by atoms with E-state index >= 15 is 0 Å². The first-order valence-electron chi connectivity index (χ1n) is 9.39. The minimum atomic E-state index is -0.849. The van der Waals surface area contributed by atoms with Crippen molar-refractivity contribution in [1.82, 2.24) is 10.2 Å². The molecular formula is C20H34IN3OS. The molecule has 0 spiro atoms. The fraction of sp³-hybridized carbons (Fsp3) is 0.650. The van der Waals surface area contributed by atoms with Crippen molar-refractivity contribution in [3.8, 4) is 0 Å². The van der Waals surface area contributed by atoms with Gasteiger partial charge in [-0.2, -0.15) is 0 Å². The molecule has 1 aromatic carbocycles. The Kier molecular flexibility index (Phi) is 11.4. The summed E-state index contributed by atoms with van der Waals surface area (Å²) in [6.07, 6.45) is 5.35. The maximum absolute atomic E-state index is 12.2. The van der Waals surface area contributed by atoms with Gasteiger partial charge < -0.3 is 10.2 Å². The zero-order chi connectivity index (χ0) is 18.1. The summed E-state index contributed by atoms with van der Waals surface area (Å²) in [6.45, 7) is 4.10. The molecule has 0 heterocycles. The molecule has 148 valence electrons. The minimum absolute atomic E-state index is 0. The molecule has 1 aliphatic carbocycles. The van der Waals surface area contributed by atoms with Gasteiger partial charge in [0.05, 0.1) is 0 Å². The molecule has 1 fully saturated rings. The van der Waals surface area contributed by atoms with Crippen LogP contribution < -0.4 is 5.32 Å². The van der Waals surface area contributed by atoms with Gasteiger partial charge >= 0.3 is 0 Å². The predicted molar refractivity (Wildman–Crippen MR) is 124 cm³/mol. The van der Waals surface area contributed by atoms with Gasteiger partial charge in [-0.1, -0.05) is 50.1 Å². The summed E-state index contributed by atoms with van der Waals surface area (Å²) in [5, 5.41) is 3.37. The van der Waals surface area contributed by atoms with Crippen LogP contribution in [0.1, 0.15) is 38.2 Å². The number of nitrogens with zero attached hydrogens (tertiary/aromatic N) is 2. The molecule has 1 unspecified atom stereocenters. The number of halogens is 1. The van der Waals surface area contributed by atoms with Crippen LogP contribution in [0.4, 0.5) is 0 Å². The van der Waals surface area contributed by atoms with E-state index in [9.17, 15) is 4.21 Å². The molecule has 1 saturated carbocycles. The lowest BCUT2D eigenvalue weighted by atomic mass is 9.83. The Morgan fingerprint density at radius 1 is 1.23 bits per heavy atom. The molecule has 0 amide bonds. The number of rotatable bonds is 7. The van der Waals surface area contributed by atoms with Crippen LogP contribution in [-0.2, 0) is 16.6 Å². The Morgan fingerprint density at radius 3 is 2.50 bits per heavy atom. The molecule has 0 aliphatic heterocycles.